The Morgan fingerprint density at radius 1 is 1.13 bits per heavy atom. The first-order valence-electron chi connectivity index (χ1n) is 10.2. The molecular weight excluding hydrogens is 405 g/mol. The van der Waals surface area contributed by atoms with E-state index in [0.717, 1.165) is 13.1 Å². The molecule has 0 spiro atoms. The molecule has 0 bridgehead atoms. The summed E-state index contributed by atoms with van der Waals surface area (Å²) in [7, 11) is 0. The largest absolute Gasteiger partial charge is 0.379 e. The van der Waals surface area contributed by atoms with Crippen LogP contribution in [0.25, 0.3) is 0 Å². The van der Waals surface area contributed by atoms with Crippen molar-refractivity contribution >= 4 is 28.8 Å². The first-order valence-corrected chi connectivity index (χ1v) is 11.0. The molecule has 0 unspecified atom stereocenters. The Labute approximate surface area is 179 Å². The van der Waals surface area contributed by atoms with Crippen molar-refractivity contribution in [3.8, 4) is 0 Å². The Morgan fingerprint density at radius 3 is 2.43 bits per heavy atom. The predicted octanol–water partition coefficient (Wildman–Crippen LogP) is 3.10. The summed E-state index contributed by atoms with van der Waals surface area (Å²) >= 11 is 1.73. The average molecular weight is 432 g/mol. The topological polar surface area (TPSA) is 70.7 Å². The molecule has 1 aliphatic heterocycles. The van der Waals surface area contributed by atoms with E-state index >= 15 is 0 Å². The van der Waals surface area contributed by atoms with Gasteiger partial charge in [-0.1, -0.05) is 0 Å². The van der Waals surface area contributed by atoms with Gasteiger partial charge in [-0.25, -0.2) is 4.39 Å². The molecule has 0 radical (unpaired) electrons. The zero-order chi connectivity index (χ0) is 21.1. The number of halogens is 1. The van der Waals surface area contributed by atoms with Crippen LogP contribution in [0.3, 0.4) is 0 Å². The normalized spacial score (nSPS) is 19.1. The fourth-order valence-electron chi connectivity index (χ4n) is 3.76. The van der Waals surface area contributed by atoms with E-state index < -0.39 is 5.41 Å². The summed E-state index contributed by atoms with van der Waals surface area (Å²) in [6.07, 6.45) is 1.04. The van der Waals surface area contributed by atoms with E-state index in [4.69, 9.17) is 4.74 Å². The maximum atomic E-state index is 13.1. The van der Waals surface area contributed by atoms with E-state index in [1.165, 1.54) is 34.0 Å². The summed E-state index contributed by atoms with van der Waals surface area (Å²) in [6, 6.07) is 9.82. The predicted molar refractivity (Wildman–Crippen MR) is 114 cm³/mol. The number of carbonyl (C=O) groups is 2. The molecule has 1 aromatic carbocycles. The lowest BCUT2D eigenvalue weighted by Crippen LogP contribution is -2.46. The number of hydrogen-bond donors (Lipinski definition) is 2. The molecule has 6 nitrogen and oxygen atoms in total. The number of thiophene rings is 1. The van der Waals surface area contributed by atoms with Gasteiger partial charge in [0.25, 0.3) is 0 Å². The molecular formula is C22H26FN3O3S. The van der Waals surface area contributed by atoms with Crippen molar-refractivity contribution in [2.75, 3.05) is 38.2 Å². The van der Waals surface area contributed by atoms with Crippen LogP contribution < -0.4 is 10.6 Å². The molecule has 2 aromatic rings. The maximum absolute atomic E-state index is 13.1. The van der Waals surface area contributed by atoms with Crippen LogP contribution >= 0.6 is 11.3 Å². The third-order valence-corrected chi connectivity index (χ3v) is 6.86. The van der Waals surface area contributed by atoms with E-state index in [0.29, 0.717) is 38.3 Å². The highest BCUT2D eigenvalue weighted by Gasteiger charge is 2.56. The second-order valence-corrected chi connectivity index (χ2v) is 9.19. The molecule has 4 rings (SSSR count). The highest BCUT2D eigenvalue weighted by atomic mass is 32.1. The minimum Gasteiger partial charge on any atom is -0.379 e. The molecule has 1 saturated heterocycles. The van der Waals surface area contributed by atoms with Crippen molar-refractivity contribution in [3.05, 3.63) is 52.0 Å². The number of rotatable bonds is 7. The van der Waals surface area contributed by atoms with Crippen LogP contribution in [0.15, 0.2) is 36.4 Å². The van der Waals surface area contributed by atoms with Gasteiger partial charge in [0.15, 0.2) is 0 Å². The first kappa shape index (κ1) is 21.0. The Bertz CT molecular complexity index is 905. The lowest BCUT2D eigenvalue weighted by atomic mass is 10.0. The monoisotopic (exact) mass is 431 g/mol. The van der Waals surface area contributed by atoms with Crippen molar-refractivity contribution < 1.29 is 18.7 Å². The van der Waals surface area contributed by atoms with Gasteiger partial charge in [0.05, 0.1) is 19.3 Å². The summed E-state index contributed by atoms with van der Waals surface area (Å²) < 4.78 is 18.6. The van der Waals surface area contributed by atoms with Gasteiger partial charge in [0, 0.05) is 35.1 Å². The molecule has 2 N–H and O–H groups in total. The smallest absolute Gasteiger partial charge is 0.240 e. The van der Waals surface area contributed by atoms with Crippen LogP contribution in [-0.4, -0.2) is 49.6 Å². The van der Waals surface area contributed by atoms with E-state index in [9.17, 15) is 14.0 Å². The zero-order valence-corrected chi connectivity index (χ0v) is 17.8. The Kier molecular flexibility index (Phi) is 6.17. The number of ether oxygens (including phenoxy) is 1. The SMILES string of the molecule is Cc1ccc([C@H](CNC(=O)C2(C(=O)Nc3ccc(F)cc3)CC2)N2CCOCC2)s1. The minimum absolute atomic E-state index is 0.0625. The Morgan fingerprint density at radius 2 is 1.83 bits per heavy atom. The molecule has 1 aromatic heterocycles. The number of hydrogen-bond acceptors (Lipinski definition) is 5. The second-order valence-electron chi connectivity index (χ2n) is 7.87. The van der Waals surface area contributed by atoms with Crippen LogP contribution in [0, 0.1) is 18.2 Å². The molecule has 2 amide bonds. The number of carbonyl (C=O) groups excluding carboxylic acids is 2. The van der Waals surface area contributed by atoms with Gasteiger partial charge in [-0.2, -0.15) is 0 Å². The van der Waals surface area contributed by atoms with Crippen molar-refractivity contribution in [2.45, 2.75) is 25.8 Å². The van der Waals surface area contributed by atoms with Crippen LogP contribution in [-0.2, 0) is 14.3 Å². The molecule has 2 heterocycles. The van der Waals surface area contributed by atoms with Crippen LogP contribution in [0.4, 0.5) is 10.1 Å². The van der Waals surface area contributed by atoms with Crippen molar-refractivity contribution in [3.63, 3.8) is 0 Å². The lowest BCUT2D eigenvalue weighted by Gasteiger charge is -2.34. The van der Waals surface area contributed by atoms with E-state index in [1.54, 1.807) is 11.3 Å². The molecule has 30 heavy (non-hydrogen) atoms. The minimum atomic E-state index is -1.03. The highest BCUT2D eigenvalue weighted by Crippen LogP contribution is 2.47. The first-order chi connectivity index (χ1) is 14.5. The van der Waals surface area contributed by atoms with Crippen molar-refractivity contribution in [2.24, 2.45) is 5.41 Å². The van der Waals surface area contributed by atoms with Crippen LogP contribution in [0.5, 0.6) is 0 Å². The lowest BCUT2D eigenvalue weighted by molar-refractivity contribution is -0.134. The van der Waals surface area contributed by atoms with E-state index in [1.807, 2.05) is 0 Å². The average Bonchev–Trinajstić information content (AvgIpc) is 3.47. The van der Waals surface area contributed by atoms with Gasteiger partial charge in [-0.05, 0) is 56.2 Å². The third kappa shape index (κ3) is 4.55. The van der Waals surface area contributed by atoms with Crippen molar-refractivity contribution in [1.82, 2.24) is 10.2 Å². The summed E-state index contributed by atoms with van der Waals surface area (Å²) in [4.78, 5) is 30.5. The van der Waals surface area contributed by atoms with Gasteiger partial charge in [-0.3, -0.25) is 14.5 Å². The number of nitrogens with one attached hydrogen (secondary N) is 2. The summed E-state index contributed by atoms with van der Waals surface area (Å²) in [5.74, 6) is -0.944. The maximum Gasteiger partial charge on any atom is 0.240 e. The molecule has 1 atom stereocenters. The number of aryl methyl sites for hydroxylation is 1. The quantitative estimate of drug-likeness (QED) is 0.661. The highest BCUT2D eigenvalue weighted by molar-refractivity contribution is 7.12. The molecule has 2 fully saturated rings. The third-order valence-electron chi connectivity index (χ3n) is 5.75. The van der Waals surface area contributed by atoms with E-state index in [2.05, 4.69) is 34.6 Å². The van der Waals surface area contributed by atoms with E-state index in [-0.39, 0.29) is 23.7 Å². The van der Waals surface area contributed by atoms with Gasteiger partial charge >= 0.3 is 0 Å². The van der Waals surface area contributed by atoms with Crippen LogP contribution in [0.1, 0.15) is 28.6 Å². The zero-order valence-electron chi connectivity index (χ0n) is 16.9. The Hall–Kier alpha value is -2.29. The second kappa shape index (κ2) is 8.83. The van der Waals surface area contributed by atoms with Crippen LogP contribution in [0.2, 0.25) is 0 Å². The van der Waals surface area contributed by atoms with Gasteiger partial charge in [-0.15, -0.1) is 11.3 Å². The van der Waals surface area contributed by atoms with Gasteiger partial charge in [0.1, 0.15) is 11.2 Å². The van der Waals surface area contributed by atoms with Gasteiger partial charge < -0.3 is 15.4 Å². The molecule has 8 heteroatoms. The fraction of sp³-hybridized carbons (Fsp3) is 0.455. The number of benzene rings is 1. The fourth-order valence-corrected chi connectivity index (χ4v) is 4.77. The summed E-state index contributed by atoms with van der Waals surface area (Å²) in [5.41, 5.74) is -0.546. The summed E-state index contributed by atoms with van der Waals surface area (Å²) in [5, 5.41) is 5.78. The Balaban J connectivity index is 1.41. The molecule has 160 valence electrons. The standard InChI is InChI=1S/C22H26FN3O3S/c1-15-2-7-19(30-15)18(26-10-12-29-13-11-26)14-24-20(27)22(8-9-22)21(28)25-17-5-3-16(23)4-6-17/h2-7,18H,8-14H2,1H3,(H,24,27)(H,25,28)/t18-/m0/s1. The van der Waals surface area contributed by atoms with Crippen molar-refractivity contribution in [1.29, 1.82) is 0 Å². The summed E-state index contributed by atoms with van der Waals surface area (Å²) in [6.45, 7) is 5.51. The number of morpholine rings is 1. The molecule has 1 aliphatic carbocycles. The number of anilines is 1. The molecule has 1 saturated carbocycles. The number of amides is 2. The van der Waals surface area contributed by atoms with Gasteiger partial charge in [0.2, 0.25) is 11.8 Å². The number of nitrogens with zero attached hydrogens (tertiary/aromatic N) is 1. The molecule has 2 aliphatic rings.